The van der Waals surface area contributed by atoms with Crippen molar-refractivity contribution < 1.29 is 9.63 Å². The van der Waals surface area contributed by atoms with Gasteiger partial charge in [0, 0.05) is 0 Å². The third kappa shape index (κ3) is 2.57. The zero-order valence-corrected chi connectivity index (χ0v) is 12.3. The summed E-state index contributed by atoms with van der Waals surface area (Å²) in [6, 6.07) is 19.8. The topological polar surface area (TPSA) is 29.5 Å². The van der Waals surface area contributed by atoms with Gasteiger partial charge in [0.15, 0.2) is 0 Å². The first-order valence-electron chi connectivity index (χ1n) is 7.16. The lowest BCUT2D eigenvalue weighted by molar-refractivity contribution is -0.171. The molecular formula is C18H19NO2. The lowest BCUT2D eigenvalue weighted by Crippen LogP contribution is -2.34. The van der Waals surface area contributed by atoms with Gasteiger partial charge in [-0.3, -0.25) is 9.63 Å². The van der Waals surface area contributed by atoms with Crippen LogP contribution in [0.5, 0.6) is 0 Å². The van der Waals surface area contributed by atoms with Gasteiger partial charge in [-0.15, -0.1) is 0 Å². The van der Waals surface area contributed by atoms with E-state index in [1.807, 2.05) is 74.5 Å². The van der Waals surface area contributed by atoms with Crippen molar-refractivity contribution in [3.05, 3.63) is 71.8 Å². The number of hydrogen-bond donors (Lipinski definition) is 0. The van der Waals surface area contributed by atoms with Crippen LogP contribution < -0.4 is 0 Å². The standard InChI is InChI=1S/C18H19NO2/c1-18(2)13-21-19(17(18)20)16(14-9-5-3-6-10-14)15-11-7-4-8-12-15/h3-12,16H,13H2,1-2H3. The molecule has 1 heterocycles. The summed E-state index contributed by atoms with van der Waals surface area (Å²) in [4.78, 5) is 18.4. The van der Waals surface area contributed by atoms with Gasteiger partial charge in [0.2, 0.25) is 0 Å². The molecule has 0 spiro atoms. The predicted molar refractivity (Wildman–Crippen MR) is 81.3 cm³/mol. The van der Waals surface area contributed by atoms with Crippen molar-refractivity contribution >= 4 is 5.91 Å². The Balaban J connectivity index is 2.04. The maximum absolute atomic E-state index is 12.6. The summed E-state index contributed by atoms with van der Waals surface area (Å²) < 4.78 is 0. The van der Waals surface area contributed by atoms with Crippen LogP contribution in [0.4, 0.5) is 0 Å². The predicted octanol–water partition coefficient (Wildman–Crippen LogP) is 3.58. The Morgan fingerprint density at radius 3 is 1.81 bits per heavy atom. The fraction of sp³-hybridized carbons (Fsp3) is 0.278. The third-order valence-electron chi connectivity index (χ3n) is 3.81. The molecule has 0 saturated carbocycles. The minimum absolute atomic E-state index is 0.0280. The van der Waals surface area contributed by atoms with Crippen LogP contribution in [0.15, 0.2) is 60.7 Å². The quantitative estimate of drug-likeness (QED) is 0.860. The lowest BCUT2D eigenvalue weighted by atomic mass is 9.92. The summed E-state index contributed by atoms with van der Waals surface area (Å²) in [5.74, 6) is 0.0280. The molecule has 0 unspecified atom stereocenters. The van der Waals surface area contributed by atoms with E-state index < -0.39 is 5.41 Å². The van der Waals surface area contributed by atoms with E-state index in [0.29, 0.717) is 6.61 Å². The number of rotatable bonds is 3. The molecule has 1 aliphatic rings. The molecule has 0 radical (unpaired) electrons. The Hall–Kier alpha value is -2.13. The Labute approximate surface area is 125 Å². The van der Waals surface area contributed by atoms with E-state index in [9.17, 15) is 4.79 Å². The average Bonchev–Trinajstić information content (AvgIpc) is 2.77. The number of amides is 1. The summed E-state index contributed by atoms with van der Waals surface area (Å²) in [6.45, 7) is 4.26. The second-order valence-electron chi connectivity index (χ2n) is 6.01. The van der Waals surface area contributed by atoms with Crippen LogP contribution in [-0.4, -0.2) is 17.6 Å². The van der Waals surface area contributed by atoms with Gasteiger partial charge in [0.25, 0.3) is 5.91 Å². The molecule has 0 atom stereocenters. The molecule has 2 aromatic rings. The number of hydroxylamine groups is 2. The van der Waals surface area contributed by atoms with Crippen LogP contribution in [-0.2, 0) is 9.63 Å². The van der Waals surface area contributed by atoms with Crippen molar-refractivity contribution in [1.29, 1.82) is 0 Å². The minimum atomic E-state index is -0.470. The summed E-state index contributed by atoms with van der Waals surface area (Å²) in [6.07, 6.45) is 0. The number of benzene rings is 2. The van der Waals surface area contributed by atoms with Crippen LogP contribution >= 0.6 is 0 Å². The highest BCUT2D eigenvalue weighted by Gasteiger charge is 2.44. The van der Waals surface area contributed by atoms with Crippen molar-refractivity contribution in [2.24, 2.45) is 5.41 Å². The molecule has 0 bridgehead atoms. The molecule has 3 heteroatoms. The highest BCUT2D eigenvalue weighted by molar-refractivity contribution is 5.83. The van der Waals surface area contributed by atoms with Crippen molar-refractivity contribution in [3.8, 4) is 0 Å². The van der Waals surface area contributed by atoms with Crippen molar-refractivity contribution in [2.75, 3.05) is 6.61 Å². The minimum Gasteiger partial charge on any atom is -0.272 e. The molecule has 2 aromatic carbocycles. The zero-order chi connectivity index (χ0) is 14.9. The second-order valence-corrected chi connectivity index (χ2v) is 6.01. The Kier molecular flexibility index (Phi) is 3.52. The summed E-state index contributed by atoms with van der Waals surface area (Å²) >= 11 is 0. The van der Waals surface area contributed by atoms with Crippen molar-refractivity contribution in [1.82, 2.24) is 5.06 Å². The van der Waals surface area contributed by atoms with Gasteiger partial charge in [-0.05, 0) is 25.0 Å². The molecule has 0 N–H and O–H groups in total. The average molecular weight is 281 g/mol. The Morgan fingerprint density at radius 1 is 0.952 bits per heavy atom. The normalized spacial score (nSPS) is 17.5. The molecule has 1 fully saturated rings. The Morgan fingerprint density at radius 2 is 1.43 bits per heavy atom. The van der Waals surface area contributed by atoms with Gasteiger partial charge in [0.05, 0.1) is 12.0 Å². The molecule has 1 saturated heterocycles. The van der Waals surface area contributed by atoms with Gasteiger partial charge < -0.3 is 0 Å². The van der Waals surface area contributed by atoms with Gasteiger partial charge in [-0.25, -0.2) is 5.06 Å². The maximum Gasteiger partial charge on any atom is 0.255 e. The molecule has 0 aliphatic carbocycles. The van der Waals surface area contributed by atoms with E-state index in [2.05, 4.69) is 0 Å². The third-order valence-corrected chi connectivity index (χ3v) is 3.81. The van der Waals surface area contributed by atoms with Crippen LogP contribution in [0, 0.1) is 5.41 Å². The number of carbonyl (C=O) groups is 1. The Bertz CT molecular complexity index is 583. The summed E-state index contributed by atoms with van der Waals surface area (Å²) in [5, 5.41) is 1.53. The van der Waals surface area contributed by atoms with Crippen LogP contribution in [0.2, 0.25) is 0 Å². The van der Waals surface area contributed by atoms with Crippen LogP contribution in [0.1, 0.15) is 31.0 Å². The fourth-order valence-electron chi connectivity index (χ4n) is 2.58. The van der Waals surface area contributed by atoms with Gasteiger partial charge in [-0.1, -0.05) is 60.7 Å². The fourth-order valence-corrected chi connectivity index (χ4v) is 2.58. The summed E-state index contributed by atoms with van der Waals surface area (Å²) in [7, 11) is 0. The van der Waals surface area contributed by atoms with Crippen LogP contribution in [0.25, 0.3) is 0 Å². The molecule has 0 aromatic heterocycles. The highest BCUT2D eigenvalue weighted by atomic mass is 16.7. The van der Waals surface area contributed by atoms with E-state index >= 15 is 0 Å². The second kappa shape index (κ2) is 5.34. The first-order valence-corrected chi connectivity index (χ1v) is 7.16. The first kappa shape index (κ1) is 13.8. The molecule has 1 aliphatic heterocycles. The monoisotopic (exact) mass is 281 g/mol. The maximum atomic E-state index is 12.6. The largest absolute Gasteiger partial charge is 0.272 e. The van der Waals surface area contributed by atoms with E-state index in [0.717, 1.165) is 11.1 Å². The highest BCUT2D eigenvalue weighted by Crippen LogP contribution is 2.37. The number of nitrogens with zero attached hydrogens (tertiary/aromatic N) is 1. The number of hydrogen-bond acceptors (Lipinski definition) is 2. The zero-order valence-electron chi connectivity index (χ0n) is 12.3. The van der Waals surface area contributed by atoms with Crippen molar-refractivity contribution in [2.45, 2.75) is 19.9 Å². The molecule has 3 rings (SSSR count). The van der Waals surface area contributed by atoms with E-state index in [1.54, 1.807) is 0 Å². The SMILES string of the molecule is CC1(C)CON(C(c2ccccc2)c2ccccc2)C1=O. The summed E-state index contributed by atoms with van der Waals surface area (Å²) in [5.41, 5.74) is 1.63. The molecule has 3 nitrogen and oxygen atoms in total. The first-order chi connectivity index (χ1) is 10.1. The van der Waals surface area contributed by atoms with Gasteiger partial charge in [0.1, 0.15) is 6.04 Å². The van der Waals surface area contributed by atoms with Gasteiger partial charge in [-0.2, -0.15) is 0 Å². The van der Waals surface area contributed by atoms with E-state index in [-0.39, 0.29) is 11.9 Å². The van der Waals surface area contributed by atoms with Crippen LogP contribution in [0.3, 0.4) is 0 Å². The number of carbonyl (C=O) groups excluding carboxylic acids is 1. The van der Waals surface area contributed by atoms with Crippen molar-refractivity contribution in [3.63, 3.8) is 0 Å². The van der Waals surface area contributed by atoms with E-state index in [1.165, 1.54) is 5.06 Å². The smallest absolute Gasteiger partial charge is 0.255 e. The lowest BCUT2D eigenvalue weighted by Gasteiger charge is -2.27. The van der Waals surface area contributed by atoms with E-state index in [4.69, 9.17) is 4.84 Å². The molecular weight excluding hydrogens is 262 g/mol. The molecule has 1 amide bonds. The molecule has 108 valence electrons. The van der Waals surface area contributed by atoms with Gasteiger partial charge >= 0.3 is 0 Å². The molecule has 21 heavy (non-hydrogen) atoms.